The molecule has 0 saturated heterocycles. The van der Waals surface area contributed by atoms with Crippen LogP contribution in [-0.4, -0.2) is 47.9 Å². The Bertz CT molecular complexity index is 320. The number of carboxylic acid groups (broad SMARTS) is 1. The Morgan fingerprint density at radius 2 is 2.10 bits per heavy atom. The summed E-state index contributed by atoms with van der Waals surface area (Å²) in [4.78, 5) is 10.6. The van der Waals surface area contributed by atoms with Gasteiger partial charge in [0.1, 0.15) is 6.04 Å². The highest BCUT2D eigenvalue weighted by Crippen LogP contribution is 2.21. The van der Waals surface area contributed by atoms with Gasteiger partial charge in [0.25, 0.3) is 0 Å². The van der Waals surface area contributed by atoms with Crippen LogP contribution in [0.1, 0.15) is 27.2 Å². The summed E-state index contributed by atoms with van der Waals surface area (Å²) in [6.07, 6.45) is 0.830. The lowest BCUT2D eigenvalue weighted by Crippen LogP contribution is -2.33. The second-order valence-electron chi connectivity index (χ2n) is 5.41. The van der Waals surface area contributed by atoms with Gasteiger partial charge in [-0.2, -0.15) is 11.8 Å². The van der Waals surface area contributed by atoms with Crippen molar-refractivity contribution in [2.45, 2.75) is 38.8 Å². The summed E-state index contributed by atoms with van der Waals surface area (Å²) in [6.45, 7) is 10.4. The van der Waals surface area contributed by atoms with E-state index < -0.39 is 12.0 Å². The Morgan fingerprint density at radius 3 is 2.60 bits per heavy atom. The van der Waals surface area contributed by atoms with Gasteiger partial charge in [-0.05, 0) is 26.0 Å². The topological polar surface area (TPSA) is 81.8 Å². The SMILES string of the molecule is C=C(OC)C(C)COC(C)(C)CCSC[C@H](N)C(=O)O. The van der Waals surface area contributed by atoms with Crippen LogP contribution in [0.3, 0.4) is 0 Å². The Labute approximate surface area is 125 Å². The predicted octanol–water partition coefficient (Wildman–Crippen LogP) is 2.11. The molecule has 118 valence electrons. The third-order valence-corrected chi connectivity index (χ3v) is 4.09. The standard InChI is InChI=1S/C14H27NO4S/c1-10(11(2)18-5)8-19-14(3,4)6-7-20-9-12(15)13(16)17/h10,12H,2,6-9,15H2,1,3-5H3,(H,16,17)/t10?,12-/m0/s1. The molecule has 0 aliphatic rings. The monoisotopic (exact) mass is 305 g/mol. The maximum absolute atomic E-state index is 10.6. The lowest BCUT2D eigenvalue weighted by molar-refractivity contribution is -0.137. The number of ether oxygens (including phenoxy) is 2. The molecule has 0 aromatic rings. The van der Waals surface area contributed by atoms with Crippen molar-refractivity contribution in [3.8, 4) is 0 Å². The van der Waals surface area contributed by atoms with Crippen molar-refractivity contribution in [1.82, 2.24) is 0 Å². The number of aliphatic carboxylic acids is 1. The number of carboxylic acids is 1. The maximum atomic E-state index is 10.6. The van der Waals surface area contributed by atoms with Gasteiger partial charge in [-0.15, -0.1) is 0 Å². The van der Waals surface area contributed by atoms with Crippen LogP contribution in [-0.2, 0) is 14.3 Å². The van der Waals surface area contributed by atoms with Gasteiger partial charge in [0.05, 0.1) is 25.1 Å². The number of hydrogen-bond donors (Lipinski definition) is 2. The van der Waals surface area contributed by atoms with E-state index in [2.05, 4.69) is 6.58 Å². The second kappa shape index (κ2) is 9.26. The predicted molar refractivity (Wildman–Crippen MR) is 82.9 cm³/mol. The quantitative estimate of drug-likeness (QED) is 0.449. The van der Waals surface area contributed by atoms with E-state index in [4.69, 9.17) is 20.3 Å². The molecule has 2 atom stereocenters. The van der Waals surface area contributed by atoms with Crippen LogP contribution >= 0.6 is 11.8 Å². The number of thioether (sulfide) groups is 1. The average molecular weight is 305 g/mol. The Morgan fingerprint density at radius 1 is 1.50 bits per heavy atom. The van der Waals surface area contributed by atoms with E-state index >= 15 is 0 Å². The number of hydrogen-bond acceptors (Lipinski definition) is 5. The second-order valence-corrected chi connectivity index (χ2v) is 6.56. The van der Waals surface area contributed by atoms with Crippen molar-refractivity contribution in [1.29, 1.82) is 0 Å². The molecule has 0 saturated carbocycles. The lowest BCUT2D eigenvalue weighted by Gasteiger charge is -2.27. The van der Waals surface area contributed by atoms with Gasteiger partial charge >= 0.3 is 5.97 Å². The van der Waals surface area contributed by atoms with Gasteiger partial charge in [-0.3, -0.25) is 4.79 Å². The minimum absolute atomic E-state index is 0.146. The molecule has 0 fully saturated rings. The molecule has 3 N–H and O–H groups in total. The molecule has 6 heteroatoms. The molecule has 0 rings (SSSR count). The third kappa shape index (κ3) is 8.45. The van der Waals surface area contributed by atoms with Gasteiger partial charge in [0.15, 0.2) is 0 Å². The van der Waals surface area contributed by atoms with Crippen LogP contribution in [0.5, 0.6) is 0 Å². The average Bonchev–Trinajstić information content (AvgIpc) is 2.39. The lowest BCUT2D eigenvalue weighted by atomic mass is 10.1. The molecule has 0 amide bonds. The minimum Gasteiger partial charge on any atom is -0.501 e. The van der Waals surface area contributed by atoms with Gasteiger partial charge in [-0.25, -0.2) is 0 Å². The molecular formula is C14H27NO4S. The van der Waals surface area contributed by atoms with Gasteiger partial charge < -0.3 is 20.3 Å². The van der Waals surface area contributed by atoms with Crippen LogP contribution in [0.2, 0.25) is 0 Å². The zero-order valence-corrected chi connectivity index (χ0v) is 13.7. The normalized spacial score (nSPS) is 14.7. The van der Waals surface area contributed by atoms with E-state index in [0.29, 0.717) is 18.1 Å². The number of nitrogens with two attached hydrogens (primary N) is 1. The number of methoxy groups -OCH3 is 1. The number of rotatable bonds is 11. The fraction of sp³-hybridized carbons (Fsp3) is 0.786. The summed E-state index contributed by atoms with van der Waals surface area (Å²) in [5, 5.41) is 8.68. The summed E-state index contributed by atoms with van der Waals surface area (Å²) >= 11 is 1.53. The molecule has 0 bridgehead atoms. The molecule has 0 radical (unpaired) electrons. The highest BCUT2D eigenvalue weighted by atomic mass is 32.2. The summed E-state index contributed by atoms with van der Waals surface area (Å²) in [7, 11) is 1.60. The Balaban J connectivity index is 3.90. The van der Waals surface area contributed by atoms with E-state index in [0.717, 1.165) is 12.2 Å². The summed E-state index contributed by atoms with van der Waals surface area (Å²) < 4.78 is 10.9. The van der Waals surface area contributed by atoms with Crippen molar-refractivity contribution in [3.05, 3.63) is 12.3 Å². The summed E-state index contributed by atoms with van der Waals surface area (Å²) in [6, 6.07) is -0.797. The first kappa shape index (κ1) is 19.3. The van der Waals surface area contributed by atoms with Crippen LogP contribution < -0.4 is 5.73 Å². The van der Waals surface area contributed by atoms with E-state index in [1.54, 1.807) is 7.11 Å². The fourth-order valence-corrected chi connectivity index (χ4v) is 2.52. The molecule has 0 aliphatic carbocycles. The van der Waals surface area contributed by atoms with Gasteiger partial charge in [-0.1, -0.05) is 13.5 Å². The molecule has 0 spiro atoms. The Kier molecular flexibility index (Phi) is 8.93. The third-order valence-electron chi connectivity index (χ3n) is 3.00. The number of carbonyl (C=O) groups is 1. The van der Waals surface area contributed by atoms with E-state index in [1.807, 2.05) is 20.8 Å². The van der Waals surface area contributed by atoms with Crippen molar-refractivity contribution >= 4 is 17.7 Å². The van der Waals surface area contributed by atoms with Crippen molar-refractivity contribution in [3.63, 3.8) is 0 Å². The fourth-order valence-electron chi connectivity index (χ4n) is 1.32. The molecular weight excluding hydrogens is 278 g/mol. The first-order valence-electron chi connectivity index (χ1n) is 6.62. The van der Waals surface area contributed by atoms with Gasteiger partial charge in [0.2, 0.25) is 0 Å². The Hall–Kier alpha value is -0.720. The zero-order valence-electron chi connectivity index (χ0n) is 12.8. The highest BCUT2D eigenvalue weighted by Gasteiger charge is 2.21. The van der Waals surface area contributed by atoms with E-state index in [1.165, 1.54) is 11.8 Å². The van der Waals surface area contributed by atoms with Crippen LogP contribution in [0.4, 0.5) is 0 Å². The van der Waals surface area contributed by atoms with Crippen molar-refractivity contribution < 1.29 is 19.4 Å². The van der Waals surface area contributed by atoms with Crippen LogP contribution in [0.25, 0.3) is 0 Å². The van der Waals surface area contributed by atoms with Crippen molar-refractivity contribution in [2.24, 2.45) is 11.7 Å². The molecule has 5 nitrogen and oxygen atoms in total. The first-order valence-corrected chi connectivity index (χ1v) is 7.78. The molecule has 1 unspecified atom stereocenters. The summed E-state index contributed by atoms with van der Waals surface area (Å²) in [5.74, 6) is 1.13. The molecule has 20 heavy (non-hydrogen) atoms. The van der Waals surface area contributed by atoms with E-state index in [9.17, 15) is 4.79 Å². The van der Waals surface area contributed by atoms with Gasteiger partial charge in [0, 0.05) is 11.7 Å². The molecule has 0 aromatic heterocycles. The molecule has 0 aromatic carbocycles. The minimum atomic E-state index is -0.958. The highest BCUT2D eigenvalue weighted by molar-refractivity contribution is 7.99. The van der Waals surface area contributed by atoms with Crippen LogP contribution in [0, 0.1) is 5.92 Å². The summed E-state index contributed by atoms with van der Waals surface area (Å²) in [5.41, 5.74) is 5.18. The first-order chi connectivity index (χ1) is 9.19. The zero-order chi connectivity index (χ0) is 15.8. The van der Waals surface area contributed by atoms with E-state index in [-0.39, 0.29) is 11.5 Å². The molecule has 0 heterocycles. The smallest absolute Gasteiger partial charge is 0.321 e. The van der Waals surface area contributed by atoms with Crippen LogP contribution in [0.15, 0.2) is 12.3 Å². The molecule has 0 aliphatic heterocycles. The van der Waals surface area contributed by atoms with Crippen molar-refractivity contribution in [2.75, 3.05) is 25.2 Å². The maximum Gasteiger partial charge on any atom is 0.321 e. The largest absolute Gasteiger partial charge is 0.501 e.